The lowest BCUT2D eigenvalue weighted by atomic mass is 10.1. The highest BCUT2D eigenvalue weighted by Crippen LogP contribution is 2.24. The Kier molecular flexibility index (Phi) is 5.51. The van der Waals surface area contributed by atoms with Gasteiger partial charge in [0, 0.05) is 43.3 Å². The molecule has 1 aliphatic rings. The molecular weight excluding hydrogens is 358 g/mol. The van der Waals surface area contributed by atoms with Gasteiger partial charge >= 0.3 is 0 Å². The maximum atomic E-state index is 9.48. The molecular formula is C24H25N5. The Morgan fingerprint density at radius 1 is 1.03 bits per heavy atom. The zero-order valence-electron chi connectivity index (χ0n) is 16.8. The second-order valence-electron chi connectivity index (χ2n) is 7.71. The number of hydrogen-bond acceptors (Lipinski definition) is 4. The number of nitrogens with one attached hydrogen (secondary N) is 1. The summed E-state index contributed by atoms with van der Waals surface area (Å²) in [5.41, 5.74) is 5.98. The number of benzene rings is 2. The molecule has 0 amide bonds. The van der Waals surface area contributed by atoms with Gasteiger partial charge in [0.05, 0.1) is 16.8 Å². The average molecular weight is 383 g/mol. The number of aromatic nitrogens is 1. The Hall–Kier alpha value is -3.28. The van der Waals surface area contributed by atoms with Gasteiger partial charge in [0.15, 0.2) is 0 Å². The van der Waals surface area contributed by atoms with Crippen molar-refractivity contribution in [3.8, 4) is 12.1 Å². The van der Waals surface area contributed by atoms with Crippen LogP contribution in [0, 0.1) is 29.6 Å². The van der Waals surface area contributed by atoms with Crippen LogP contribution in [0.4, 0.5) is 5.69 Å². The number of rotatable bonds is 5. The molecule has 2 heterocycles. The van der Waals surface area contributed by atoms with Gasteiger partial charge < -0.3 is 9.88 Å². The molecule has 0 aliphatic carbocycles. The fraction of sp³-hybridized carbons (Fsp3) is 0.333. The molecule has 2 aromatic carbocycles. The van der Waals surface area contributed by atoms with Crippen LogP contribution in [-0.4, -0.2) is 42.6 Å². The lowest BCUT2D eigenvalue weighted by molar-refractivity contribution is 0.255. The van der Waals surface area contributed by atoms with Crippen LogP contribution in [-0.2, 0) is 6.42 Å². The van der Waals surface area contributed by atoms with Crippen LogP contribution in [0.25, 0.3) is 10.9 Å². The summed E-state index contributed by atoms with van der Waals surface area (Å²) in [5.74, 6) is 0. The molecule has 1 aromatic heterocycles. The predicted molar refractivity (Wildman–Crippen MR) is 116 cm³/mol. The smallest absolute Gasteiger partial charge is 0.102 e. The third-order valence-corrected chi connectivity index (χ3v) is 5.88. The van der Waals surface area contributed by atoms with Gasteiger partial charge in [-0.3, -0.25) is 4.90 Å². The number of nitrogens with zero attached hydrogens (tertiary/aromatic N) is 4. The summed E-state index contributed by atoms with van der Waals surface area (Å²) in [7, 11) is 0. The van der Waals surface area contributed by atoms with E-state index >= 15 is 0 Å². The monoisotopic (exact) mass is 383 g/mol. The van der Waals surface area contributed by atoms with Crippen molar-refractivity contribution in [1.29, 1.82) is 10.5 Å². The van der Waals surface area contributed by atoms with Gasteiger partial charge in [0.2, 0.25) is 0 Å². The van der Waals surface area contributed by atoms with E-state index in [1.807, 2.05) is 25.1 Å². The number of hydrogen-bond donors (Lipinski definition) is 1. The molecule has 0 atom stereocenters. The first-order valence-corrected chi connectivity index (χ1v) is 10.2. The predicted octanol–water partition coefficient (Wildman–Crippen LogP) is 3.97. The Bertz CT molecular complexity index is 1090. The summed E-state index contributed by atoms with van der Waals surface area (Å²) in [6.07, 6.45) is 3.93. The number of anilines is 1. The van der Waals surface area contributed by atoms with E-state index < -0.39 is 0 Å². The van der Waals surface area contributed by atoms with E-state index in [0.717, 1.165) is 73.3 Å². The van der Waals surface area contributed by atoms with Crippen molar-refractivity contribution in [1.82, 2.24) is 9.88 Å². The zero-order chi connectivity index (χ0) is 20.2. The van der Waals surface area contributed by atoms with Crippen molar-refractivity contribution in [2.75, 3.05) is 37.6 Å². The van der Waals surface area contributed by atoms with Gasteiger partial charge in [-0.25, -0.2) is 0 Å². The number of piperazine rings is 1. The van der Waals surface area contributed by atoms with Crippen LogP contribution in [0.5, 0.6) is 0 Å². The standard InChI is InChI=1S/C24H25N5/c1-18-4-2-6-24(22(18)16-26)29-12-10-28(11-13-29)9-3-5-19-7-8-21-20(15-25)17-27-23(21)14-19/h2,4,6-8,14,17,27H,3,5,9-13H2,1H3. The molecule has 0 unspecified atom stereocenters. The molecule has 1 fully saturated rings. The molecule has 146 valence electrons. The first-order chi connectivity index (χ1) is 14.2. The van der Waals surface area contributed by atoms with E-state index in [9.17, 15) is 5.26 Å². The minimum atomic E-state index is 0.706. The molecule has 4 rings (SSSR count). The maximum Gasteiger partial charge on any atom is 0.102 e. The number of fused-ring (bicyclic) bond motifs is 1. The minimum Gasteiger partial charge on any atom is -0.368 e. The van der Waals surface area contributed by atoms with Gasteiger partial charge in [0.1, 0.15) is 12.1 Å². The van der Waals surface area contributed by atoms with Crippen molar-refractivity contribution in [3.63, 3.8) is 0 Å². The van der Waals surface area contributed by atoms with E-state index in [2.05, 4.69) is 45.1 Å². The van der Waals surface area contributed by atoms with Gasteiger partial charge in [-0.2, -0.15) is 10.5 Å². The minimum absolute atomic E-state index is 0.706. The molecule has 29 heavy (non-hydrogen) atoms. The summed E-state index contributed by atoms with van der Waals surface area (Å²) in [6.45, 7) is 7.07. The Morgan fingerprint density at radius 2 is 1.86 bits per heavy atom. The van der Waals surface area contributed by atoms with Crippen molar-refractivity contribution < 1.29 is 0 Å². The van der Waals surface area contributed by atoms with Crippen molar-refractivity contribution >= 4 is 16.6 Å². The molecule has 5 heteroatoms. The van der Waals surface area contributed by atoms with Crippen LogP contribution < -0.4 is 4.90 Å². The molecule has 0 spiro atoms. The van der Waals surface area contributed by atoms with Crippen LogP contribution in [0.15, 0.2) is 42.6 Å². The number of nitriles is 2. The Morgan fingerprint density at radius 3 is 2.62 bits per heavy atom. The van der Waals surface area contributed by atoms with Crippen LogP contribution in [0.1, 0.15) is 28.7 Å². The summed E-state index contributed by atoms with van der Waals surface area (Å²) in [4.78, 5) is 8.05. The zero-order valence-corrected chi connectivity index (χ0v) is 16.8. The van der Waals surface area contributed by atoms with Gasteiger partial charge in [-0.15, -0.1) is 0 Å². The molecule has 1 aliphatic heterocycles. The summed E-state index contributed by atoms with van der Waals surface area (Å²) < 4.78 is 0. The second-order valence-corrected chi connectivity index (χ2v) is 7.71. The average Bonchev–Trinajstić information content (AvgIpc) is 3.16. The quantitative estimate of drug-likeness (QED) is 0.724. The number of aryl methyl sites for hydroxylation is 2. The fourth-order valence-corrected chi connectivity index (χ4v) is 4.20. The molecule has 5 nitrogen and oxygen atoms in total. The third-order valence-electron chi connectivity index (χ3n) is 5.88. The Balaban J connectivity index is 1.29. The van der Waals surface area contributed by atoms with E-state index in [-0.39, 0.29) is 0 Å². The topological polar surface area (TPSA) is 69.8 Å². The molecule has 3 aromatic rings. The van der Waals surface area contributed by atoms with E-state index in [1.165, 1.54) is 5.56 Å². The first-order valence-electron chi connectivity index (χ1n) is 10.2. The maximum absolute atomic E-state index is 9.48. The number of aromatic amines is 1. The largest absolute Gasteiger partial charge is 0.368 e. The summed E-state index contributed by atoms with van der Waals surface area (Å²) >= 11 is 0. The van der Waals surface area contributed by atoms with Crippen molar-refractivity contribution in [3.05, 3.63) is 64.8 Å². The lowest BCUT2D eigenvalue weighted by Crippen LogP contribution is -2.47. The summed E-state index contributed by atoms with van der Waals surface area (Å²) in [6, 6.07) is 17.0. The van der Waals surface area contributed by atoms with Crippen LogP contribution in [0.2, 0.25) is 0 Å². The number of H-pyrrole nitrogens is 1. The van der Waals surface area contributed by atoms with E-state index in [0.29, 0.717) is 5.56 Å². The molecule has 1 saturated heterocycles. The normalized spacial score (nSPS) is 14.7. The highest BCUT2D eigenvalue weighted by molar-refractivity contribution is 5.86. The molecule has 0 saturated carbocycles. The third kappa shape index (κ3) is 3.97. The van der Waals surface area contributed by atoms with Gasteiger partial charge in [-0.1, -0.05) is 24.3 Å². The first kappa shape index (κ1) is 19.1. The Labute approximate surface area is 171 Å². The fourth-order valence-electron chi connectivity index (χ4n) is 4.20. The van der Waals surface area contributed by atoms with E-state index in [1.54, 1.807) is 6.20 Å². The van der Waals surface area contributed by atoms with E-state index in [4.69, 9.17) is 5.26 Å². The molecule has 0 bridgehead atoms. The van der Waals surface area contributed by atoms with Crippen LogP contribution >= 0.6 is 0 Å². The highest BCUT2D eigenvalue weighted by Gasteiger charge is 2.19. The summed E-state index contributed by atoms with van der Waals surface area (Å²) in [5, 5.41) is 19.6. The van der Waals surface area contributed by atoms with Gasteiger partial charge in [0.25, 0.3) is 0 Å². The SMILES string of the molecule is Cc1cccc(N2CCN(CCCc3ccc4c(C#N)c[nH]c4c3)CC2)c1C#N. The molecule has 0 radical (unpaired) electrons. The van der Waals surface area contributed by atoms with Gasteiger partial charge in [-0.05, 0) is 49.6 Å². The molecule has 1 N–H and O–H groups in total. The van der Waals surface area contributed by atoms with Crippen molar-refractivity contribution in [2.24, 2.45) is 0 Å². The van der Waals surface area contributed by atoms with Crippen molar-refractivity contribution in [2.45, 2.75) is 19.8 Å². The lowest BCUT2D eigenvalue weighted by Gasteiger charge is -2.36. The van der Waals surface area contributed by atoms with Crippen LogP contribution in [0.3, 0.4) is 0 Å². The second kappa shape index (κ2) is 8.39. The highest BCUT2D eigenvalue weighted by atomic mass is 15.3.